The number of benzene rings is 2. The van der Waals surface area contributed by atoms with Gasteiger partial charge in [-0.2, -0.15) is 30.6 Å². The average Bonchev–Trinajstić information content (AvgIpc) is 2.70. The predicted octanol–water partition coefficient (Wildman–Crippen LogP) is 3.75. The van der Waals surface area contributed by atoms with Gasteiger partial charge in [0, 0.05) is 19.2 Å². The maximum absolute atomic E-state index is 13.2. The molecule has 0 amide bonds. The molecule has 32 heavy (non-hydrogen) atoms. The standard InChI is InChI=1S/C19H19F6NO5S/c20-18(21,22)12-30-15-6-7-16(31-13-19(23,24)25)17(10-15)32(28,29)26(8-9-27)11-14-4-2-1-3-5-14/h1-7,10,27H,8-9,11-13H2. The first-order valence-corrected chi connectivity index (χ1v) is 10.4. The van der Waals surface area contributed by atoms with Crippen LogP contribution in [0, 0.1) is 0 Å². The molecule has 2 aromatic rings. The van der Waals surface area contributed by atoms with E-state index < -0.39 is 65.1 Å². The topological polar surface area (TPSA) is 76.1 Å². The van der Waals surface area contributed by atoms with Crippen molar-refractivity contribution in [2.45, 2.75) is 23.8 Å². The van der Waals surface area contributed by atoms with Gasteiger partial charge in [-0.25, -0.2) is 8.42 Å². The van der Waals surface area contributed by atoms with Gasteiger partial charge in [-0.05, 0) is 17.7 Å². The average molecular weight is 487 g/mol. The quantitative estimate of drug-likeness (QED) is 0.517. The van der Waals surface area contributed by atoms with Gasteiger partial charge in [0.15, 0.2) is 13.2 Å². The molecule has 0 saturated heterocycles. The molecular formula is C19H19F6NO5S. The predicted molar refractivity (Wildman–Crippen MR) is 101 cm³/mol. The Hall–Kier alpha value is -2.51. The molecule has 2 rings (SSSR count). The van der Waals surface area contributed by atoms with Crippen molar-refractivity contribution in [3.05, 3.63) is 54.1 Å². The molecule has 0 bridgehead atoms. The summed E-state index contributed by atoms with van der Waals surface area (Å²) in [5, 5.41) is 9.30. The molecular weight excluding hydrogens is 468 g/mol. The molecule has 0 atom stereocenters. The summed E-state index contributed by atoms with van der Waals surface area (Å²) in [6.45, 7) is -4.86. The Morgan fingerprint density at radius 2 is 1.47 bits per heavy atom. The highest BCUT2D eigenvalue weighted by Gasteiger charge is 2.33. The third-order valence-corrected chi connectivity index (χ3v) is 5.74. The molecule has 0 spiro atoms. The molecule has 6 nitrogen and oxygen atoms in total. The van der Waals surface area contributed by atoms with Crippen molar-refractivity contribution < 1.29 is 49.3 Å². The molecule has 0 aliphatic carbocycles. The molecule has 0 unspecified atom stereocenters. The molecule has 0 heterocycles. The van der Waals surface area contributed by atoms with Crippen molar-refractivity contribution >= 4 is 10.0 Å². The molecule has 178 valence electrons. The lowest BCUT2D eigenvalue weighted by atomic mass is 10.2. The van der Waals surface area contributed by atoms with E-state index in [1.165, 1.54) is 0 Å². The Kier molecular flexibility index (Phi) is 8.37. The van der Waals surface area contributed by atoms with Crippen molar-refractivity contribution in [1.82, 2.24) is 4.31 Å². The van der Waals surface area contributed by atoms with Gasteiger partial charge in [0.25, 0.3) is 0 Å². The fraction of sp³-hybridized carbons (Fsp3) is 0.368. The number of hydrogen-bond donors (Lipinski definition) is 1. The van der Waals surface area contributed by atoms with E-state index in [0.717, 1.165) is 16.4 Å². The summed E-state index contributed by atoms with van der Waals surface area (Å²) in [5.74, 6) is -1.26. The van der Waals surface area contributed by atoms with E-state index in [0.29, 0.717) is 11.6 Å². The van der Waals surface area contributed by atoms with E-state index >= 15 is 0 Å². The van der Waals surface area contributed by atoms with Gasteiger partial charge in [-0.3, -0.25) is 0 Å². The Bertz CT molecular complexity index is 980. The van der Waals surface area contributed by atoms with Crippen molar-refractivity contribution in [2.24, 2.45) is 0 Å². The molecule has 0 radical (unpaired) electrons. The van der Waals surface area contributed by atoms with Crippen LogP contribution in [0.2, 0.25) is 0 Å². The second-order valence-electron chi connectivity index (χ2n) is 6.46. The van der Waals surface area contributed by atoms with E-state index in [1.54, 1.807) is 30.3 Å². The molecule has 1 N–H and O–H groups in total. The minimum absolute atomic E-state index is 0.254. The smallest absolute Gasteiger partial charge is 0.422 e. The number of ether oxygens (including phenoxy) is 2. The van der Waals surface area contributed by atoms with E-state index in [9.17, 15) is 39.9 Å². The Balaban J connectivity index is 2.46. The molecule has 0 aromatic heterocycles. The molecule has 0 fully saturated rings. The van der Waals surface area contributed by atoms with Crippen LogP contribution in [0.15, 0.2) is 53.4 Å². The first-order valence-electron chi connectivity index (χ1n) is 9.00. The van der Waals surface area contributed by atoms with E-state index in [2.05, 4.69) is 9.47 Å². The number of hydrogen-bond acceptors (Lipinski definition) is 5. The zero-order valence-electron chi connectivity index (χ0n) is 16.4. The lowest BCUT2D eigenvalue weighted by Crippen LogP contribution is -2.33. The normalized spacial score (nSPS) is 12.8. The minimum Gasteiger partial charge on any atom is -0.484 e. The highest BCUT2D eigenvalue weighted by atomic mass is 32.2. The zero-order chi connectivity index (χ0) is 24.0. The number of sulfonamides is 1. The summed E-state index contributed by atoms with van der Waals surface area (Å²) in [6, 6.07) is 10.4. The number of rotatable bonds is 10. The van der Waals surface area contributed by atoms with Crippen LogP contribution in [0.4, 0.5) is 26.3 Å². The van der Waals surface area contributed by atoms with Crippen LogP contribution < -0.4 is 9.47 Å². The maximum Gasteiger partial charge on any atom is 0.422 e. The maximum atomic E-state index is 13.2. The summed E-state index contributed by atoms with van der Waals surface area (Å²) in [7, 11) is -4.62. The van der Waals surface area contributed by atoms with Crippen molar-refractivity contribution in [3.8, 4) is 11.5 Å². The van der Waals surface area contributed by atoms with Gasteiger partial charge in [0.05, 0.1) is 6.61 Å². The minimum atomic E-state index is -4.79. The van der Waals surface area contributed by atoms with Crippen LogP contribution in [0.3, 0.4) is 0 Å². The van der Waals surface area contributed by atoms with E-state index in [-0.39, 0.29) is 6.54 Å². The third-order valence-electron chi connectivity index (χ3n) is 3.88. The molecule has 13 heteroatoms. The molecule has 0 aliphatic rings. The monoisotopic (exact) mass is 487 g/mol. The Morgan fingerprint density at radius 1 is 0.875 bits per heavy atom. The lowest BCUT2D eigenvalue weighted by Gasteiger charge is -2.23. The summed E-state index contributed by atoms with van der Waals surface area (Å²) in [5.41, 5.74) is 0.506. The number of aliphatic hydroxyl groups is 1. The van der Waals surface area contributed by atoms with E-state index in [4.69, 9.17) is 0 Å². The largest absolute Gasteiger partial charge is 0.484 e. The zero-order valence-corrected chi connectivity index (χ0v) is 17.2. The van der Waals surface area contributed by atoms with Crippen LogP contribution in [-0.4, -0.2) is 56.5 Å². The van der Waals surface area contributed by atoms with Crippen LogP contribution in [0.1, 0.15) is 5.56 Å². The third kappa shape index (κ3) is 7.88. The van der Waals surface area contributed by atoms with Crippen LogP contribution in [0.5, 0.6) is 11.5 Å². The molecule has 0 aliphatic heterocycles. The molecule has 2 aromatic carbocycles. The van der Waals surface area contributed by atoms with Gasteiger partial charge < -0.3 is 14.6 Å². The summed E-state index contributed by atoms with van der Waals surface area (Å²) < 4.78 is 111. The second-order valence-corrected chi connectivity index (χ2v) is 8.37. The van der Waals surface area contributed by atoms with Crippen LogP contribution >= 0.6 is 0 Å². The van der Waals surface area contributed by atoms with Gasteiger partial charge in [-0.15, -0.1) is 0 Å². The SMILES string of the molecule is O=S(=O)(c1cc(OCC(F)(F)F)ccc1OCC(F)(F)F)N(CCO)Cc1ccccc1. The number of alkyl halides is 6. The lowest BCUT2D eigenvalue weighted by molar-refractivity contribution is -0.154. The Labute approximate surface area is 180 Å². The number of aliphatic hydroxyl groups excluding tert-OH is 1. The van der Waals surface area contributed by atoms with Gasteiger partial charge in [0.1, 0.15) is 16.4 Å². The number of nitrogens with zero attached hydrogens (tertiary/aromatic N) is 1. The number of halogens is 6. The van der Waals surface area contributed by atoms with Gasteiger partial charge in [-0.1, -0.05) is 30.3 Å². The van der Waals surface area contributed by atoms with E-state index in [1.807, 2.05) is 0 Å². The fourth-order valence-electron chi connectivity index (χ4n) is 2.55. The highest BCUT2D eigenvalue weighted by molar-refractivity contribution is 7.89. The Morgan fingerprint density at radius 3 is 2.03 bits per heavy atom. The summed E-state index contributed by atoms with van der Waals surface area (Å²) >= 11 is 0. The summed E-state index contributed by atoms with van der Waals surface area (Å²) in [6.07, 6.45) is -9.51. The van der Waals surface area contributed by atoms with Crippen LogP contribution in [0.25, 0.3) is 0 Å². The van der Waals surface area contributed by atoms with Crippen LogP contribution in [-0.2, 0) is 16.6 Å². The highest BCUT2D eigenvalue weighted by Crippen LogP contribution is 2.33. The van der Waals surface area contributed by atoms with Gasteiger partial charge in [0.2, 0.25) is 10.0 Å². The van der Waals surface area contributed by atoms with Gasteiger partial charge >= 0.3 is 12.4 Å². The summed E-state index contributed by atoms with van der Waals surface area (Å²) in [4.78, 5) is -0.828. The van der Waals surface area contributed by atoms with Crippen molar-refractivity contribution in [3.63, 3.8) is 0 Å². The molecule has 0 saturated carbocycles. The second kappa shape index (κ2) is 10.4. The first-order chi connectivity index (χ1) is 14.8. The first kappa shape index (κ1) is 25.7. The van der Waals surface area contributed by atoms with Crippen molar-refractivity contribution in [2.75, 3.05) is 26.4 Å². The fourth-order valence-corrected chi connectivity index (χ4v) is 4.11. The van der Waals surface area contributed by atoms with Crippen molar-refractivity contribution in [1.29, 1.82) is 0 Å².